The molecule has 0 aliphatic carbocycles. The van der Waals surface area contributed by atoms with Crippen molar-refractivity contribution in [2.75, 3.05) is 39.6 Å². The topological polar surface area (TPSA) is 66.5 Å². The van der Waals surface area contributed by atoms with Crippen molar-refractivity contribution >= 4 is 11.7 Å². The SMILES string of the molecule is CNc1cc(C(=O)N[C@H]2CN(C)C[C@@H]2OC)ccn1. The Labute approximate surface area is 113 Å². The second kappa shape index (κ2) is 5.99. The van der Waals surface area contributed by atoms with Crippen LogP contribution in [-0.2, 0) is 4.74 Å². The number of pyridine rings is 1. The summed E-state index contributed by atoms with van der Waals surface area (Å²) in [6.07, 6.45) is 1.66. The molecule has 1 aromatic heterocycles. The molecule has 2 atom stereocenters. The maximum absolute atomic E-state index is 12.2. The molecule has 6 nitrogen and oxygen atoms in total. The van der Waals surface area contributed by atoms with Gasteiger partial charge in [-0.05, 0) is 19.2 Å². The van der Waals surface area contributed by atoms with E-state index in [9.17, 15) is 4.79 Å². The van der Waals surface area contributed by atoms with Gasteiger partial charge in [0.1, 0.15) is 5.82 Å². The Morgan fingerprint density at radius 1 is 1.53 bits per heavy atom. The van der Waals surface area contributed by atoms with Gasteiger partial charge in [0.05, 0.1) is 12.1 Å². The van der Waals surface area contributed by atoms with E-state index >= 15 is 0 Å². The number of aromatic nitrogens is 1. The van der Waals surface area contributed by atoms with Gasteiger partial charge in [0.2, 0.25) is 0 Å². The van der Waals surface area contributed by atoms with Crippen LogP contribution in [0.5, 0.6) is 0 Å². The fraction of sp³-hybridized carbons (Fsp3) is 0.538. The maximum atomic E-state index is 12.2. The summed E-state index contributed by atoms with van der Waals surface area (Å²) in [6.45, 7) is 1.63. The lowest BCUT2D eigenvalue weighted by atomic mass is 10.2. The van der Waals surface area contributed by atoms with Gasteiger partial charge >= 0.3 is 0 Å². The van der Waals surface area contributed by atoms with Gasteiger partial charge in [-0.25, -0.2) is 4.98 Å². The first-order chi connectivity index (χ1) is 9.13. The van der Waals surface area contributed by atoms with Crippen LogP contribution in [0.15, 0.2) is 18.3 Å². The molecule has 1 aromatic rings. The quantitative estimate of drug-likeness (QED) is 0.812. The molecule has 1 fully saturated rings. The smallest absolute Gasteiger partial charge is 0.251 e. The average Bonchev–Trinajstić information content (AvgIpc) is 2.78. The fourth-order valence-corrected chi connectivity index (χ4v) is 2.30. The van der Waals surface area contributed by atoms with Gasteiger partial charge in [-0.2, -0.15) is 0 Å². The fourth-order valence-electron chi connectivity index (χ4n) is 2.30. The first-order valence-corrected chi connectivity index (χ1v) is 6.30. The number of ether oxygens (including phenoxy) is 1. The Morgan fingerprint density at radius 2 is 2.32 bits per heavy atom. The summed E-state index contributed by atoms with van der Waals surface area (Å²) >= 11 is 0. The lowest BCUT2D eigenvalue weighted by Gasteiger charge is -2.18. The Kier molecular flexibility index (Phi) is 4.34. The van der Waals surface area contributed by atoms with E-state index in [4.69, 9.17) is 4.74 Å². The van der Waals surface area contributed by atoms with Crippen molar-refractivity contribution in [3.63, 3.8) is 0 Å². The van der Waals surface area contributed by atoms with Crippen molar-refractivity contribution in [2.24, 2.45) is 0 Å². The molecule has 0 unspecified atom stereocenters. The molecule has 2 N–H and O–H groups in total. The second-order valence-electron chi connectivity index (χ2n) is 4.76. The summed E-state index contributed by atoms with van der Waals surface area (Å²) in [6, 6.07) is 3.46. The molecular formula is C13H20N4O2. The highest BCUT2D eigenvalue weighted by Gasteiger charge is 2.32. The highest BCUT2D eigenvalue weighted by atomic mass is 16.5. The lowest BCUT2D eigenvalue weighted by Crippen LogP contribution is -2.43. The Morgan fingerprint density at radius 3 is 3.00 bits per heavy atom. The average molecular weight is 264 g/mol. The zero-order valence-electron chi connectivity index (χ0n) is 11.5. The third kappa shape index (κ3) is 3.21. The molecular weight excluding hydrogens is 244 g/mol. The number of likely N-dealkylation sites (N-methyl/N-ethyl adjacent to an activating group) is 1. The molecule has 19 heavy (non-hydrogen) atoms. The van der Waals surface area contributed by atoms with E-state index in [2.05, 4.69) is 20.5 Å². The van der Waals surface area contributed by atoms with Crippen LogP contribution < -0.4 is 10.6 Å². The standard InChI is InChI=1S/C13H20N4O2/c1-14-12-6-9(4-5-15-12)13(18)16-10-7-17(2)8-11(10)19-3/h4-6,10-11H,7-8H2,1-3H3,(H,14,15)(H,16,18)/t10-,11-/m0/s1. The van der Waals surface area contributed by atoms with E-state index in [0.29, 0.717) is 11.4 Å². The third-order valence-corrected chi connectivity index (χ3v) is 3.35. The van der Waals surface area contributed by atoms with Gasteiger partial charge in [-0.3, -0.25) is 4.79 Å². The zero-order valence-corrected chi connectivity index (χ0v) is 11.5. The Balaban J connectivity index is 2.04. The number of carbonyl (C=O) groups excluding carboxylic acids is 1. The van der Waals surface area contributed by atoms with Crippen LogP contribution in [0.25, 0.3) is 0 Å². The van der Waals surface area contributed by atoms with Crippen LogP contribution in [0.2, 0.25) is 0 Å². The summed E-state index contributed by atoms with van der Waals surface area (Å²) in [7, 11) is 5.47. The van der Waals surface area contributed by atoms with Crippen molar-refractivity contribution < 1.29 is 9.53 Å². The first-order valence-electron chi connectivity index (χ1n) is 6.30. The van der Waals surface area contributed by atoms with Gasteiger partial charge in [-0.15, -0.1) is 0 Å². The van der Waals surface area contributed by atoms with E-state index in [-0.39, 0.29) is 18.1 Å². The first kappa shape index (κ1) is 13.8. The minimum Gasteiger partial charge on any atom is -0.378 e. The molecule has 2 heterocycles. The van der Waals surface area contributed by atoms with E-state index in [0.717, 1.165) is 13.1 Å². The monoisotopic (exact) mass is 264 g/mol. The highest BCUT2D eigenvalue weighted by molar-refractivity contribution is 5.95. The van der Waals surface area contributed by atoms with E-state index in [1.165, 1.54) is 0 Å². The minimum absolute atomic E-state index is 0.0219. The molecule has 0 radical (unpaired) electrons. The molecule has 2 rings (SSSR count). The molecule has 104 valence electrons. The van der Waals surface area contributed by atoms with Crippen LogP contribution in [0.4, 0.5) is 5.82 Å². The van der Waals surface area contributed by atoms with Crippen molar-refractivity contribution in [3.05, 3.63) is 23.9 Å². The molecule has 1 amide bonds. The van der Waals surface area contributed by atoms with Gasteiger partial charge in [0.25, 0.3) is 5.91 Å². The number of hydrogen-bond donors (Lipinski definition) is 2. The Bertz CT molecular complexity index is 452. The van der Waals surface area contributed by atoms with Gasteiger partial charge < -0.3 is 20.3 Å². The van der Waals surface area contributed by atoms with Crippen molar-refractivity contribution in [1.82, 2.24) is 15.2 Å². The number of nitrogens with zero attached hydrogens (tertiary/aromatic N) is 2. The predicted octanol–water partition coefficient (Wildman–Crippen LogP) is 0.182. The van der Waals surface area contributed by atoms with Gasteiger partial charge in [0, 0.05) is 39.0 Å². The number of methoxy groups -OCH3 is 1. The number of anilines is 1. The van der Waals surface area contributed by atoms with E-state index in [1.54, 1.807) is 32.5 Å². The number of amides is 1. The summed E-state index contributed by atoms with van der Waals surface area (Å²) in [5.41, 5.74) is 0.601. The molecule has 0 spiro atoms. The molecule has 1 saturated heterocycles. The molecule has 1 aliphatic rings. The molecule has 0 aromatic carbocycles. The molecule has 1 aliphatic heterocycles. The normalized spacial score (nSPS) is 23.3. The van der Waals surface area contributed by atoms with Crippen LogP contribution in [0.1, 0.15) is 10.4 Å². The van der Waals surface area contributed by atoms with E-state index < -0.39 is 0 Å². The highest BCUT2D eigenvalue weighted by Crippen LogP contribution is 2.12. The Hall–Kier alpha value is -1.66. The lowest BCUT2D eigenvalue weighted by molar-refractivity contribution is 0.0766. The molecule has 0 bridgehead atoms. The number of rotatable bonds is 4. The van der Waals surface area contributed by atoms with Crippen LogP contribution >= 0.6 is 0 Å². The molecule has 0 saturated carbocycles. The third-order valence-electron chi connectivity index (χ3n) is 3.35. The van der Waals surface area contributed by atoms with Crippen LogP contribution in [0.3, 0.4) is 0 Å². The van der Waals surface area contributed by atoms with Crippen LogP contribution in [-0.4, -0.2) is 62.2 Å². The largest absolute Gasteiger partial charge is 0.378 e. The van der Waals surface area contributed by atoms with Crippen molar-refractivity contribution in [2.45, 2.75) is 12.1 Å². The summed E-state index contributed by atoms with van der Waals surface area (Å²) in [5, 5.41) is 5.94. The van der Waals surface area contributed by atoms with Crippen LogP contribution in [0, 0.1) is 0 Å². The molecule has 6 heteroatoms. The second-order valence-corrected chi connectivity index (χ2v) is 4.76. The summed E-state index contributed by atoms with van der Waals surface area (Å²) in [5.74, 6) is 0.584. The number of hydrogen-bond acceptors (Lipinski definition) is 5. The van der Waals surface area contributed by atoms with Gasteiger partial charge in [-0.1, -0.05) is 0 Å². The maximum Gasteiger partial charge on any atom is 0.251 e. The number of nitrogens with one attached hydrogen (secondary N) is 2. The summed E-state index contributed by atoms with van der Waals surface area (Å²) in [4.78, 5) is 18.4. The number of carbonyl (C=O) groups is 1. The zero-order chi connectivity index (χ0) is 13.8. The van der Waals surface area contributed by atoms with Crippen molar-refractivity contribution in [3.8, 4) is 0 Å². The predicted molar refractivity (Wildman–Crippen MR) is 73.3 cm³/mol. The van der Waals surface area contributed by atoms with Crippen molar-refractivity contribution in [1.29, 1.82) is 0 Å². The van der Waals surface area contributed by atoms with Gasteiger partial charge in [0.15, 0.2) is 0 Å². The number of likely N-dealkylation sites (tertiary alicyclic amines) is 1. The minimum atomic E-state index is -0.0961. The van der Waals surface area contributed by atoms with E-state index in [1.807, 2.05) is 7.05 Å². The summed E-state index contributed by atoms with van der Waals surface area (Å²) < 4.78 is 5.39.